The van der Waals surface area contributed by atoms with Gasteiger partial charge in [-0.25, -0.2) is 4.98 Å². The lowest BCUT2D eigenvalue weighted by Crippen LogP contribution is -2.34. The molecule has 2 aromatic carbocycles. The van der Waals surface area contributed by atoms with Gasteiger partial charge in [-0.05, 0) is 73.7 Å². The number of ether oxygens (including phenoxy) is 1. The van der Waals surface area contributed by atoms with Gasteiger partial charge in [0.05, 0.1) is 29.3 Å². The topological polar surface area (TPSA) is 111 Å². The van der Waals surface area contributed by atoms with Crippen molar-refractivity contribution in [1.82, 2.24) is 9.55 Å². The lowest BCUT2D eigenvalue weighted by atomic mass is 9.82. The zero-order valence-corrected chi connectivity index (χ0v) is 19.9. The molecular weight excluding hydrogens is 458 g/mol. The van der Waals surface area contributed by atoms with E-state index in [9.17, 15) is 19.5 Å². The monoisotopic (exact) mass is 485 g/mol. The molecule has 8 nitrogen and oxygen atoms in total. The number of hydrogen-bond acceptors (Lipinski definition) is 5. The van der Waals surface area contributed by atoms with Crippen molar-refractivity contribution in [3.05, 3.63) is 76.4 Å². The Morgan fingerprint density at radius 1 is 1.14 bits per heavy atom. The summed E-state index contributed by atoms with van der Waals surface area (Å²) in [5, 5.41) is 12.8. The van der Waals surface area contributed by atoms with Crippen LogP contribution < -0.4 is 15.6 Å². The van der Waals surface area contributed by atoms with Crippen LogP contribution in [0.15, 0.2) is 59.4 Å². The molecule has 36 heavy (non-hydrogen) atoms. The predicted molar refractivity (Wildman–Crippen MR) is 138 cm³/mol. The van der Waals surface area contributed by atoms with Crippen molar-refractivity contribution in [3.8, 4) is 5.75 Å². The van der Waals surface area contributed by atoms with Crippen molar-refractivity contribution in [2.45, 2.75) is 32.7 Å². The Morgan fingerprint density at radius 2 is 1.89 bits per heavy atom. The van der Waals surface area contributed by atoms with Crippen LogP contribution in [0, 0.1) is 11.8 Å². The number of carbonyl (C=O) groups is 2. The van der Waals surface area contributed by atoms with Crippen LogP contribution >= 0.6 is 0 Å². The maximum absolute atomic E-state index is 13.2. The highest BCUT2D eigenvalue weighted by Crippen LogP contribution is 2.30. The summed E-state index contributed by atoms with van der Waals surface area (Å²) in [6, 6.07) is 12.8. The molecule has 0 fully saturated rings. The predicted octanol–water partition coefficient (Wildman–Crippen LogP) is 4.35. The quantitative estimate of drug-likeness (QED) is 0.503. The third kappa shape index (κ3) is 4.54. The van der Waals surface area contributed by atoms with E-state index in [2.05, 4.69) is 5.32 Å². The van der Waals surface area contributed by atoms with Crippen LogP contribution in [0.5, 0.6) is 5.75 Å². The van der Waals surface area contributed by atoms with Crippen molar-refractivity contribution in [2.75, 3.05) is 11.9 Å². The van der Waals surface area contributed by atoms with Crippen molar-refractivity contribution in [1.29, 1.82) is 0 Å². The van der Waals surface area contributed by atoms with E-state index in [1.165, 1.54) is 0 Å². The average molecular weight is 486 g/mol. The molecule has 0 saturated carbocycles. The zero-order valence-electron chi connectivity index (χ0n) is 19.9. The molecule has 2 N–H and O–H groups in total. The SMILES string of the molecule is CCOc1ccc(C=C2CCn3c2nc2cc(NC(=O)[C@H]4CC=CC[C@H]4C(=O)O)ccc2c3=O)cc1. The van der Waals surface area contributed by atoms with Gasteiger partial charge in [-0.2, -0.15) is 0 Å². The molecule has 184 valence electrons. The van der Waals surface area contributed by atoms with Gasteiger partial charge >= 0.3 is 5.97 Å². The van der Waals surface area contributed by atoms with Gasteiger partial charge in [-0.15, -0.1) is 0 Å². The molecule has 1 aliphatic heterocycles. The molecule has 2 atom stereocenters. The van der Waals surface area contributed by atoms with Crippen molar-refractivity contribution < 1.29 is 19.4 Å². The summed E-state index contributed by atoms with van der Waals surface area (Å²) < 4.78 is 7.19. The Hall–Kier alpha value is -4.20. The summed E-state index contributed by atoms with van der Waals surface area (Å²) in [5.41, 5.74) is 2.81. The first-order valence-corrected chi connectivity index (χ1v) is 12.1. The van der Waals surface area contributed by atoms with Gasteiger partial charge in [0, 0.05) is 12.2 Å². The van der Waals surface area contributed by atoms with E-state index in [0.717, 1.165) is 16.9 Å². The number of nitrogens with zero attached hydrogens (tertiary/aromatic N) is 2. The summed E-state index contributed by atoms with van der Waals surface area (Å²) >= 11 is 0. The molecule has 3 aromatic rings. The average Bonchev–Trinajstić information content (AvgIpc) is 3.28. The molecule has 2 heterocycles. The summed E-state index contributed by atoms with van der Waals surface area (Å²) in [7, 11) is 0. The summed E-state index contributed by atoms with van der Waals surface area (Å²) in [5.74, 6) is -1.30. The minimum Gasteiger partial charge on any atom is -0.494 e. The van der Waals surface area contributed by atoms with Gasteiger partial charge in [0.15, 0.2) is 0 Å². The largest absolute Gasteiger partial charge is 0.494 e. The van der Waals surface area contributed by atoms with Crippen LogP contribution in [-0.4, -0.2) is 33.1 Å². The third-order valence-electron chi connectivity index (χ3n) is 6.73. The lowest BCUT2D eigenvalue weighted by Gasteiger charge is -2.24. The highest BCUT2D eigenvalue weighted by atomic mass is 16.5. The molecule has 1 aliphatic carbocycles. The van der Waals surface area contributed by atoms with Crippen molar-refractivity contribution in [3.63, 3.8) is 0 Å². The van der Waals surface area contributed by atoms with Gasteiger partial charge in [-0.3, -0.25) is 19.0 Å². The number of nitrogens with one attached hydrogen (secondary N) is 1. The number of anilines is 1. The Morgan fingerprint density at radius 3 is 2.61 bits per heavy atom. The number of fused-ring (bicyclic) bond motifs is 2. The molecule has 8 heteroatoms. The highest BCUT2D eigenvalue weighted by molar-refractivity contribution is 5.97. The fourth-order valence-electron chi connectivity index (χ4n) is 4.87. The maximum atomic E-state index is 13.2. The first kappa shape index (κ1) is 23.5. The van der Waals surface area contributed by atoms with E-state index in [-0.39, 0.29) is 11.5 Å². The van der Waals surface area contributed by atoms with Gasteiger partial charge in [0.25, 0.3) is 5.56 Å². The molecule has 0 spiro atoms. The van der Waals surface area contributed by atoms with Crippen LogP contribution in [0.25, 0.3) is 22.6 Å². The molecular formula is C28H27N3O5. The van der Waals surface area contributed by atoms with Crippen molar-refractivity contribution in [2.24, 2.45) is 11.8 Å². The van der Waals surface area contributed by atoms with Crippen LogP contribution in [-0.2, 0) is 16.1 Å². The van der Waals surface area contributed by atoms with Gasteiger partial charge in [0.1, 0.15) is 11.6 Å². The number of allylic oxidation sites excluding steroid dienone is 3. The van der Waals surface area contributed by atoms with Crippen LogP contribution in [0.2, 0.25) is 0 Å². The molecule has 0 radical (unpaired) electrons. The van der Waals surface area contributed by atoms with E-state index in [1.54, 1.807) is 28.8 Å². The molecule has 0 bridgehead atoms. The highest BCUT2D eigenvalue weighted by Gasteiger charge is 2.34. The van der Waals surface area contributed by atoms with E-state index in [4.69, 9.17) is 9.72 Å². The summed E-state index contributed by atoms with van der Waals surface area (Å²) in [6.07, 6.45) is 7.08. The molecule has 0 unspecified atom stereocenters. The van der Waals surface area contributed by atoms with Crippen molar-refractivity contribution >= 4 is 40.1 Å². The van der Waals surface area contributed by atoms with Gasteiger partial charge in [-0.1, -0.05) is 24.3 Å². The fraction of sp³-hybridized carbons (Fsp3) is 0.286. The van der Waals surface area contributed by atoms with Crippen LogP contribution in [0.3, 0.4) is 0 Å². The normalized spacial score (nSPS) is 19.9. The Kier molecular flexibility index (Phi) is 6.41. The standard InChI is InChI=1S/C28H27N3O5/c1-2-36-20-10-7-17(8-11-20)15-18-13-14-31-25(18)30-24-16-19(9-12-23(24)27(31)33)29-26(32)21-5-3-4-6-22(21)28(34)35/h3-4,7-12,15-16,21-22H,2,5-6,13-14H2,1H3,(H,29,32)(H,34,35)/t21-,22+/m0/s1. The minimum absolute atomic E-state index is 0.119. The van der Waals surface area contributed by atoms with E-state index in [0.29, 0.717) is 54.8 Å². The molecule has 5 rings (SSSR count). The molecule has 2 aliphatic rings. The molecule has 1 aromatic heterocycles. The van der Waals surface area contributed by atoms with E-state index in [1.807, 2.05) is 43.3 Å². The van der Waals surface area contributed by atoms with Crippen LogP contribution in [0.4, 0.5) is 5.69 Å². The lowest BCUT2D eigenvalue weighted by molar-refractivity contribution is -0.146. The number of benzene rings is 2. The summed E-state index contributed by atoms with van der Waals surface area (Å²) in [6.45, 7) is 3.11. The number of carboxylic acids is 1. The Labute approximate surface area is 207 Å². The zero-order chi connectivity index (χ0) is 25.2. The van der Waals surface area contributed by atoms with E-state index >= 15 is 0 Å². The Bertz CT molecular complexity index is 1450. The van der Waals surface area contributed by atoms with Gasteiger partial charge < -0.3 is 15.2 Å². The second kappa shape index (κ2) is 9.81. The number of carboxylic acid groups (broad SMARTS) is 1. The minimum atomic E-state index is -0.977. The first-order chi connectivity index (χ1) is 17.4. The number of hydrogen-bond donors (Lipinski definition) is 2. The molecule has 0 saturated heterocycles. The van der Waals surface area contributed by atoms with Crippen LogP contribution in [0.1, 0.15) is 37.6 Å². The van der Waals surface area contributed by atoms with E-state index < -0.39 is 17.8 Å². The summed E-state index contributed by atoms with van der Waals surface area (Å²) in [4.78, 5) is 42.4. The number of rotatable bonds is 6. The number of carbonyl (C=O) groups excluding carboxylic acids is 1. The smallest absolute Gasteiger partial charge is 0.307 e. The maximum Gasteiger partial charge on any atom is 0.307 e. The number of amides is 1. The molecule has 1 amide bonds. The number of aromatic nitrogens is 2. The first-order valence-electron chi connectivity index (χ1n) is 12.1. The second-order valence-electron chi connectivity index (χ2n) is 9.03. The Balaban J connectivity index is 1.44. The van der Waals surface area contributed by atoms with Gasteiger partial charge in [0.2, 0.25) is 5.91 Å². The fourth-order valence-corrected chi connectivity index (χ4v) is 4.87. The second-order valence-corrected chi connectivity index (χ2v) is 9.03. The number of aliphatic carboxylic acids is 1. The third-order valence-corrected chi connectivity index (χ3v) is 6.73.